The van der Waals surface area contributed by atoms with Gasteiger partial charge >= 0.3 is 0 Å². The van der Waals surface area contributed by atoms with Crippen LogP contribution in [0.5, 0.6) is 5.75 Å². The monoisotopic (exact) mass is 1040 g/mol. The number of nitrogens with one attached hydrogen (secondary N) is 2. The van der Waals surface area contributed by atoms with E-state index in [4.69, 9.17) is 10.5 Å². The van der Waals surface area contributed by atoms with Crippen LogP contribution in [0.1, 0.15) is 178 Å². The lowest BCUT2D eigenvalue weighted by Gasteiger charge is -2.76. The number of carbonyl (C=O) groups excluding carboxylic acids is 2. The number of rotatable bonds is 9. The fourth-order valence-corrected chi connectivity index (χ4v) is 22.5. The largest absolute Gasteiger partial charge is 0.508 e. The van der Waals surface area contributed by atoms with Gasteiger partial charge in [0.1, 0.15) is 17.6 Å². The van der Waals surface area contributed by atoms with E-state index in [0.717, 1.165) is 125 Å². The number of aromatic hydroxyl groups is 1. The number of hydrogen-bond acceptors (Lipinski definition) is 10. The normalized spacial score (nSPS) is 47.7. The number of phenols is 1. The predicted molar refractivity (Wildman–Crippen MR) is 296 cm³/mol. The molecule has 76 heavy (non-hydrogen) atoms. The number of aliphatic hydroxyl groups excluding tert-OH is 2. The van der Waals surface area contributed by atoms with Crippen LogP contribution in [0.15, 0.2) is 65.8 Å². The van der Waals surface area contributed by atoms with Crippen LogP contribution in [0.25, 0.3) is 0 Å². The molecular weight excluding hydrogens is 947 g/mol. The van der Waals surface area contributed by atoms with Gasteiger partial charge in [0.2, 0.25) is 0 Å². The van der Waals surface area contributed by atoms with Gasteiger partial charge in [-0.3, -0.25) is 9.59 Å². The van der Waals surface area contributed by atoms with Gasteiger partial charge in [0.15, 0.2) is 5.78 Å². The maximum Gasteiger partial charge on any atom is 0.163 e. The highest BCUT2D eigenvalue weighted by Gasteiger charge is 2.80. The Hall–Kier alpha value is -3.38. The van der Waals surface area contributed by atoms with Gasteiger partial charge in [-0.05, 0) is 240 Å². The van der Waals surface area contributed by atoms with Crippen molar-refractivity contribution in [1.82, 2.24) is 10.6 Å². The van der Waals surface area contributed by atoms with E-state index in [-0.39, 0.29) is 82.7 Å². The van der Waals surface area contributed by atoms with E-state index < -0.39 is 34.1 Å². The molecule has 2 heterocycles. The summed E-state index contributed by atoms with van der Waals surface area (Å²) in [7, 11) is 1.93. The highest BCUT2D eigenvalue weighted by molar-refractivity contribution is 6.03. The average molecular weight is 1040 g/mol. The van der Waals surface area contributed by atoms with Gasteiger partial charge in [-0.15, -0.1) is 0 Å². The Labute approximate surface area is 453 Å². The Bertz CT molecular complexity index is 2700. The third kappa shape index (κ3) is 7.43. The molecule has 14 rings (SSSR count). The molecule has 0 unspecified atom stereocenters. The number of carbonyl (C=O) groups is 2. The van der Waals surface area contributed by atoms with Crippen molar-refractivity contribution in [1.29, 1.82) is 0 Å². The molecule has 2 saturated heterocycles. The van der Waals surface area contributed by atoms with Gasteiger partial charge in [0.05, 0.1) is 23.2 Å². The van der Waals surface area contributed by atoms with Gasteiger partial charge in [-0.2, -0.15) is 0 Å². The molecule has 10 aliphatic carbocycles. The van der Waals surface area contributed by atoms with Gasteiger partial charge in [-0.1, -0.05) is 69.0 Å². The minimum atomic E-state index is -0.894. The summed E-state index contributed by atoms with van der Waals surface area (Å²) in [5.74, 6) is 2.02. The number of anilines is 1. The molecule has 10 nitrogen and oxygen atoms in total. The number of allylic oxidation sites excluding steroid dienone is 4. The van der Waals surface area contributed by atoms with Crippen LogP contribution in [-0.4, -0.2) is 81.6 Å². The second-order valence-electron chi connectivity index (χ2n) is 28.6. The highest BCUT2D eigenvalue weighted by Crippen LogP contribution is 2.82. The molecule has 10 heteroatoms. The average Bonchev–Trinajstić information content (AvgIpc) is 4.02. The zero-order chi connectivity index (χ0) is 52.9. The fraction of sp³-hybridized carbons (Fsp3) is 0.727. The van der Waals surface area contributed by atoms with Crippen molar-refractivity contribution in [2.45, 2.75) is 198 Å². The van der Waals surface area contributed by atoms with Gasteiger partial charge < -0.3 is 41.5 Å². The van der Waals surface area contributed by atoms with E-state index in [2.05, 4.69) is 67.8 Å². The minimum absolute atomic E-state index is 0.0228. The van der Waals surface area contributed by atoms with E-state index in [0.29, 0.717) is 61.7 Å². The second kappa shape index (κ2) is 18.6. The van der Waals surface area contributed by atoms with E-state index in [1.165, 1.54) is 11.1 Å². The number of nitrogen functional groups attached to an aromatic ring is 1. The molecule has 8 fully saturated rings. The Balaban J connectivity index is 0.955. The summed E-state index contributed by atoms with van der Waals surface area (Å²) in [4.78, 5) is 32.7. The van der Waals surface area contributed by atoms with E-state index in [1.54, 1.807) is 0 Å². The Morgan fingerprint density at radius 1 is 0.921 bits per heavy atom. The van der Waals surface area contributed by atoms with Crippen molar-refractivity contribution in [3.63, 3.8) is 0 Å². The summed E-state index contributed by atoms with van der Waals surface area (Å²) in [5.41, 5.74) is 9.70. The smallest absolute Gasteiger partial charge is 0.163 e. The molecule has 0 amide bonds. The van der Waals surface area contributed by atoms with E-state index >= 15 is 9.59 Å². The molecule has 0 radical (unpaired) electrons. The molecule has 2 aliphatic heterocycles. The van der Waals surface area contributed by atoms with Gasteiger partial charge in [-0.25, -0.2) is 0 Å². The van der Waals surface area contributed by atoms with Crippen molar-refractivity contribution in [3.8, 4) is 5.75 Å². The summed E-state index contributed by atoms with van der Waals surface area (Å²) in [6.45, 7) is 10.6. The number of aliphatic hydroxyl groups is 3. The number of phenolic OH excluding ortho intramolecular Hbond substituents is 1. The molecule has 0 aromatic heterocycles. The quantitative estimate of drug-likeness (QED) is 0.0727. The Morgan fingerprint density at radius 3 is 2.53 bits per heavy atom. The number of nitrogens with two attached hydrogens (primary N) is 1. The van der Waals surface area contributed by atoms with E-state index in [9.17, 15) is 20.4 Å². The maximum atomic E-state index is 16.4. The summed E-state index contributed by atoms with van der Waals surface area (Å²) in [6.07, 6.45) is 21.1. The summed E-state index contributed by atoms with van der Waals surface area (Å²) in [5, 5.41) is 54.9. The standard InChI is InChI=1S/C66H91N3O7/c1-61(75)24-6-7-25-65-26-10-15-49(55(59(65)74)41-27-38(34-68-5)28-44(71)31-41)62(2)54-23-22-50-56-47(32-53(72)60-64(4,76-60)48-14-9-13-45(48)40-11-8-12-43(67)30-40)46-29-37(35-70)16-17-39(46)18-19-42-20-21-51(57(56)73)63(50,3)66(42,54)33-52(58(62)65)69-36-61/h8,10-12,15,27-28,30-31,37,39,42,45-49,51-55,58,60,68-72,75H,6-7,9,13-14,16-26,29,32-36,67H2,1-5H3/t37-,39+,42-,45-,46-,47-,48+,49-,51-,52-,53+,54+,55+,58+,60+,61-,62-,63+,64+,65-,66+/m0/s1. The number of epoxide rings is 1. The minimum Gasteiger partial charge on any atom is -0.508 e. The SMILES string of the molecule is CNCc1cc(O)cc([C@H]2C(=O)[C@]34CC=C[C@@H]2[C@@]2(C)[C@H]5CCC6=C7C(=O)[C@@H]8CC[C@H](CC[C@H]9CC[C@H](CO)C[C@@H]9[C@@H]7C[C@@H](O)[C@H]7O[C@]7(C)[C@@H]7CCC[C@H]7c7cccc(N)c7)[C@@]5(C[C@H](NC[C@@](C)(O)CCCC3)[C@@H]42)[C@]68C)c1. The first-order chi connectivity index (χ1) is 36.4. The second-order valence-corrected chi connectivity index (χ2v) is 28.6. The third-order valence-corrected chi connectivity index (χ3v) is 25.3. The number of hydrogen-bond donors (Lipinski definition) is 7. The van der Waals surface area contributed by atoms with Crippen molar-refractivity contribution in [3.05, 3.63) is 82.5 Å². The lowest BCUT2D eigenvalue weighted by molar-refractivity contribution is -0.250. The summed E-state index contributed by atoms with van der Waals surface area (Å²) >= 11 is 0. The number of Topliss-reactive ketones (excluding diaryl/α,β-unsaturated/α-hetero) is 2. The van der Waals surface area contributed by atoms with Crippen molar-refractivity contribution >= 4 is 17.3 Å². The maximum absolute atomic E-state index is 16.4. The fourth-order valence-electron chi connectivity index (χ4n) is 22.5. The number of ether oxygens (including phenoxy) is 1. The van der Waals surface area contributed by atoms with Crippen molar-refractivity contribution in [2.75, 3.05) is 25.9 Å². The lowest BCUT2D eigenvalue weighted by atomic mass is 9.28. The first-order valence-corrected chi connectivity index (χ1v) is 30.7. The number of ketones is 2. The van der Waals surface area contributed by atoms with Gasteiger partial charge in [0.25, 0.3) is 0 Å². The molecule has 412 valence electrons. The van der Waals surface area contributed by atoms with Crippen LogP contribution >= 0.6 is 0 Å². The molecular formula is C66H91N3O7. The van der Waals surface area contributed by atoms with Crippen LogP contribution in [0, 0.1) is 80.8 Å². The third-order valence-electron chi connectivity index (χ3n) is 25.3. The predicted octanol–water partition coefficient (Wildman–Crippen LogP) is 10.5. The molecule has 2 aromatic rings. The van der Waals surface area contributed by atoms with Crippen LogP contribution in [0.3, 0.4) is 0 Å². The highest BCUT2D eigenvalue weighted by atomic mass is 16.6. The van der Waals surface area contributed by atoms with Crippen molar-refractivity contribution in [2.24, 2.45) is 80.8 Å². The first-order valence-electron chi connectivity index (χ1n) is 30.7. The summed E-state index contributed by atoms with van der Waals surface area (Å²) in [6, 6.07) is 14.2. The summed E-state index contributed by atoms with van der Waals surface area (Å²) < 4.78 is 6.84. The molecule has 12 aliphatic rings. The van der Waals surface area contributed by atoms with E-state index in [1.807, 2.05) is 32.2 Å². The van der Waals surface area contributed by atoms with Crippen LogP contribution < -0.4 is 16.4 Å². The molecule has 2 aromatic carbocycles. The zero-order valence-electron chi connectivity index (χ0n) is 46.5. The van der Waals surface area contributed by atoms with Crippen LogP contribution in [0.2, 0.25) is 0 Å². The zero-order valence-corrected chi connectivity index (χ0v) is 46.5. The molecule has 7 bridgehead atoms. The molecule has 21 atom stereocenters. The molecule has 8 N–H and O–H groups in total. The lowest BCUT2D eigenvalue weighted by Crippen LogP contribution is -2.75. The Morgan fingerprint density at radius 2 is 1.72 bits per heavy atom. The van der Waals surface area contributed by atoms with Gasteiger partial charge in [0, 0.05) is 48.2 Å². The molecule has 2 spiro atoms. The number of β-amino-alcohol motifs (C(OH)–C–C–N with tert-alkyl or cyclic N) is 1. The van der Waals surface area contributed by atoms with Crippen LogP contribution in [0.4, 0.5) is 5.69 Å². The number of benzene rings is 2. The topological polar surface area (TPSA) is 178 Å². The molecule has 6 saturated carbocycles. The Kier molecular flexibility index (Phi) is 12.7. The first kappa shape index (κ1) is 52.0. The van der Waals surface area contributed by atoms with Crippen LogP contribution in [-0.2, 0) is 20.9 Å². The number of fused-ring (bicyclic) bond motifs is 3. The van der Waals surface area contributed by atoms with Crippen molar-refractivity contribution < 1.29 is 34.8 Å².